The molecule has 2 N–H and O–H groups in total. The summed E-state index contributed by atoms with van der Waals surface area (Å²) in [5, 5.41) is 6.86. The number of amides is 1. The highest BCUT2D eigenvalue weighted by atomic mass is 32.2. The highest BCUT2D eigenvalue weighted by molar-refractivity contribution is 8.00. The minimum absolute atomic E-state index is 0.0466. The molecular formula is C15H21FN2OS. The van der Waals surface area contributed by atoms with Gasteiger partial charge in [-0.1, -0.05) is 12.1 Å². The number of carbonyl (C=O) groups excluding carboxylic acids is 1. The fourth-order valence-corrected chi connectivity index (χ4v) is 3.31. The molecule has 0 unspecified atom stereocenters. The van der Waals surface area contributed by atoms with Crippen molar-refractivity contribution in [3.05, 3.63) is 35.6 Å². The van der Waals surface area contributed by atoms with Gasteiger partial charge in [-0.05, 0) is 50.6 Å². The molecule has 2 rings (SSSR count). The van der Waals surface area contributed by atoms with E-state index in [-0.39, 0.29) is 17.8 Å². The summed E-state index contributed by atoms with van der Waals surface area (Å²) in [5.74, 6) is 0.287. The van der Waals surface area contributed by atoms with E-state index in [4.69, 9.17) is 0 Å². The van der Waals surface area contributed by atoms with Crippen molar-refractivity contribution in [2.24, 2.45) is 0 Å². The molecule has 20 heavy (non-hydrogen) atoms. The van der Waals surface area contributed by atoms with Gasteiger partial charge in [0.2, 0.25) is 5.91 Å². The van der Waals surface area contributed by atoms with E-state index >= 15 is 0 Å². The Balaban J connectivity index is 1.74. The molecule has 0 spiro atoms. The van der Waals surface area contributed by atoms with Gasteiger partial charge >= 0.3 is 0 Å². The number of hydrogen-bond donors (Lipinski definition) is 2. The maximum absolute atomic E-state index is 12.8. The molecule has 1 aromatic carbocycles. The van der Waals surface area contributed by atoms with E-state index in [1.807, 2.05) is 6.92 Å². The van der Waals surface area contributed by atoms with Crippen molar-refractivity contribution in [1.82, 2.24) is 10.6 Å². The molecule has 1 fully saturated rings. The van der Waals surface area contributed by atoms with Crippen LogP contribution in [0.3, 0.4) is 0 Å². The quantitative estimate of drug-likeness (QED) is 0.877. The summed E-state index contributed by atoms with van der Waals surface area (Å²) >= 11 is 1.73. The van der Waals surface area contributed by atoms with Crippen molar-refractivity contribution in [2.45, 2.75) is 31.1 Å². The first-order valence-corrected chi connectivity index (χ1v) is 8.07. The number of nitrogens with one attached hydrogen (secondary N) is 2. The fraction of sp³-hybridized carbons (Fsp3) is 0.533. The molecule has 0 aliphatic carbocycles. The molecule has 1 saturated heterocycles. The lowest BCUT2D eigenvalue weighted by molar-refractivity contribution is -0.119. The summed E-state index contributed by atoms with van der Waals surface area (Å²) in [6, 6.07) is 6.17. The third kappa shape index (κ3) is 4.80. The van der Waals surface area contributed by atoms with E-state index in [0.717, 1.165) is 31.5 Å². The molecule has 110 valence electrons. The van der Waals surface area contributed by atoms with Crippen LogP contribution >= 0.6 is 11.8 Å². The Morgan fingerprint density at radius 1 is 1.40 bits per heavy atom. The lowest BCUT2D eigenvalue weighted by atomic mass is 10.1. The highest BCUT2D eigenvalue weighted by Gasteiger charge is 2.16. The summed E-state index contributed by atoms with van der Waals surface area (Å²) in [5.41, 5.74) is 0.923. The summed E-state index contributed by atoms with van der Waals surface area (Å²) in [7, 11) is 0. The molecule has 1 aromatic rings. The van der Waals surface area contributed by atoms with Gasteiger partial charge in [0.1, 0.15) is 5.82 Å². The van der Waals surface area contributed by atoms with Crippen LogP contribution in [0.5, 0.6) is 0 Å². The van der Waals surface area contributed by atoms with Crippen molar-refractivity contribution in [3.63, 3.8) is 0 Å². The molecule has 1 amide bonds. The number of piperidine rings is 1. The van der Waals surface area contributed by atoms with E-state index in [1.165, 1.54) is 12.1 Å². The van der Waals surface area contributed by atoms with E-state index in [2.05, 4.69) is 10.6 Å². The predicted molar refractivity (Wildman–Crippen MR) is 81.3 cm³/mol. The van der Waals surface area contributed by atoms with E-state index in [0.29, 0.717) is 11.0 Å². The summed E-state index contributed by atoms with van der Waals surface area (Å²) in [6.45, 7) is 4.01. The van der Waals surface area contributed by atoms with Crippen LogP contribution in [0.2, 0.25) is 0 Å². The van der Waals surface area contributed by atoms with Gasteiger partial charge in [-0.15, -0.1) is 11.8 Å². The Hall–Kier alpha value is -1.07. The second-order valence-corrected chi connectivity index (χ2v) is 6.39. The van der Waals surface area contributed by atoms with Crippen LogP contribution in [0.1, 0.15) is 31.4 Å². The molecule has 0 radical (unpaired) electrons. The molecule has 1 atom stereocenters. The average molecular weight is 296 g/mol. The largest absolute Gasteiger partial charge is 0.349 e. The molecule has 0 saturated carbocycles. The maximum atomic E-state index is 12.8. The third-order valence-electron chi connectivity index (χ3n) is 3.48. The first kappa shape index (κ1) is 15.3. The number of halogens is 1. The molecule has 5 heteroatoms. The van der Waals surface area contributed by atoms with Gasteiger partial charge in [-0.2, -0.15) is 0 Å². The number of carbonyl (C=O) groups is 1. The zero-order valence-corrected chi connectivity index (χ0v) is 12.5. The van der Waals surface area contributed by atoms with Gasteiger partial charge in [0, 0.05) is 5.25 Å². The Kier molecular flexibility index (Phi) is 5.86. The first-order valence-electron chi connectivity index (χ1n) is 7.02. The van der Waals surface area contributed by atoms with Crippen LogP contribution in [0.15, 0.2) is 24.3 Å². The standard InChI is InChI=1S/C15H21FN2OS/c1-11(12-2-4-13(16)5-3-12)18-15(19)10-20-14-6-8-17-9-7-14/h2-5,11,14,17H,6-10H2,1H3,(H,18,19)/t11-/m0/s1. The fourth-order valence-electron chi connectivity index (χ4n) is 2.27. The van der Waals surface area contributed by atoms with Crippen molar-refractivity contribution in [1.29, 1.82) is 0 Å². The zero-order valence-electron chi connectivity index (χ0n) is 11.7. The van der Waals surface area contributed by atoms with Crippen molar-refractivity contribution >= 4 is 17.7 Å². The van der Waals surface area contributed by atoms with E-state index < -0.39 is 0 Å². The summed E-state index contributed by atoms with van der Waals surface area (Å²) < 4.78 is 12.8. The van der Waals surface area contributed by atoms with Crippen LogP contribution in [0.4, 0.5) is 4.39 Å². The Bertz CT molecular complexity index is 432. The Morgan fingerprint density at radius 3 is 2.70 bits per heavy atom. The molecule has 0 bridgehead atoms. The average Bonchev–Trinajstić information content (AvgIpc) is 2.47. The predicted octanol–water partition coefficient (Wildman–Crippen LogP) is 2.49. The number of hydrogen-bond acceptors (Lipinski definition) is 3. The van der Waals surface area contributed by atoms with Crippen LogP contribution < -0.4 is 10.6 Å². The van der Waals surface area contributed by atoms with Crippen LogP contribution in [0.25, 0.3) is 0 Å². The normalized spacial score (nSPS) is 17.7. The summed E-state index contributed by atoms with van der Waals surface area (Å²) in [6.07, 6.45) is 2.26. The van der Waals surface area contributed by atoms with Gasteiger partial charge < -0.3 is 10.6 Å². The monoisotopic (exact) mass is 296 g/mol. The van der Waals surface area contributed by atoms with Gasteiger partial charge in [0.05, 0.1) is 11.8 Å². The molecule has 3 nitrogen and oxygen atoms in total. The first-order chi connectivity index (χ1) is 9.65. The van der Waals surface area contributed by atoms with Crippen molar-refractivity contribution in [2.75, 3.05) is 18.8 Å². The molecule has 1 aliphatic rings. The van der Waals surface area contributed by atoms with Crippen LogP contribution in [-0.4, -0.2) is 30.0 Å². The minimum atomic E-state index is -0.256. The smallest absolute Gasteiger partial charge is 0.230 e. The lowest BCUT2D eigenvalue weighted by Crippen LogP contribution is -2.32. The van der Waals surface area contributed by atoms with Crippen LogP contribution in [-0.2, 0) is 4.79 Å². The second kappa shape index (κ2) is 7.64. The Labute approximate surface area is 123 Å². The summed E-state index contributed by atoms with van der Waals surface area (Å²) in [4.78, 5) is 11.9. The molecule has 0 aromatic heterocycles. The van der Waals surface area contributed by atoms with Crippen molar-refractivity contribution < 1.29 is 9.18 Å². The van der Waals surface area contributed by atoms with Gasteiger partial charge in [-0.25, -0.2) is 4.39 Å². The van der Waals surface area contributed by atoms with Crippen molar-refractivity contribution in [3.8, 4) is 0 Å². The molecular weight excluding hydrogens is 275 g/mol. The molecule has 1 heterocycles. The van der Waals surface area contributed by atoms with Gasteiger partial charge in [-0.3, -0.25) is 4.79 Å². The zero-order chi connectivity index (χ0) is 14.4. The van der Waals surface area contributed by atoms with E-state index in [1.54, 1.807) is 23.9 Å². The van der Waals surface area contributed by atoms with Crippen LogP contribution in [0, 0.1) is 5.82 Å². The number of benzene rings is 1. The van der Waals surface area contributed by atoms with Gasteiger partial charge in [0.25, 0.3) is 0 Å². The molecule has 1 aliphatic heterocycles. The highest BCUT2D eigenvalue weighted by Crippen LogP contribution is 2.20. The topological polar surface area (TPSA) is 41.1 Å². The maximum Gasteiger partial charge on any atom is 0.230 e. The van der Waals surface area contributed by atoms with E-state index in [9.17, 15) is 9.18 Å². The number of thioether (sulfide) groups is 1. The Morgan fingerprint density at radius 2 is 2.05 bits per heavy atom. The minimum Gasteiger partial charge on any atom is -0.349 e. The lowest BCUT2D eigenvalue weighted by Gasteiger charge is -2.22. The van der Waals surface area contributed by atoms with Gasteiger partial charge in [0.15, 0.2) is 0 Å². The second-order valence-electron chi connectivity index (χ2n) is 5.10. The number of rotatable bonds is 5. The SMILES string of the molecule is C[C@H](NC(=O)CSC1CCNCC1)c1ccc(F)cc1. The third-order valence-corrected chi connectivity index (χ3v) is 4.86.